The number of nitrogen functional groups attached to an aromatic ring is 1. The molecule has 5 nitrogen and oxygen atoms in total. The molecule has 0 radical (unpaired) electrons. The fraction of sp³-hybridized carbons (Fsp3) is 0.538. The molecule has 2 heterocycles. The lowest BCUT2D eigenvalue weighted by Gasteiger charge is -2.07. The van der Waals surface area contributed by atoms with Crippen molar-refractivity contribution in [1.82, 2.24) is 9.97 Å². The Morgan fingerprint density at radius 1 is 1.33 bits per heavy atom. The van der Waals surface area contributed by atoms with Crippen molar-refractivity contribution in [2.24, 2.45) is 5.84 Å². The predicted molar refractivity (Wildman–Crippen MR) is 77.8 cm³/mol. The standard InChI is InChI=1S/C13H16F2N4OS/c14-9(15)6-20-5-4-10-17-12(19-16)11-7-2-1-3-8(7)21-13(11)18-10/h9H,1-6,16H2,(H,17,18,19). The highest BCUT2D eigenvalue weighted by molar-refractivity contribution is 7.19. The van der Waals surface area contributed by atoms with E-state index in [4.69, 9.17) is 10.6 Å². The molecule has 3 rings (SSSR count). The van der Waals surface area contributed by atoms with Crippen LogP contribution in [0.4, 0.5) is 14.6 Å². The quantitative estimate of drug-likeness (QED) is 0.486. The average molecular weight is 314 g/mol. The first kappa shape index (κ1) is 14.6. The van der Waals surface area contributed by atoms with Gasteiger partial charge in [0.2, 0.25) is 0 Å². The average Bonchev–Trinajstić information content (AvgIpc) is 3.02. The van der Waals surface area contributed by atoms with E-state index in [0.29, 0.717) is 18.1 Å². The Bertz CT molecular complexity index is 647. The molecule has 0 saturated carbocycles. The Kier molecular flexibility index (Phi) is 4.27. The molecule has 0 fully saturated rings. The summed E-state index contributed by atoms with van der Waals surface area (Å²) in [5.41, 5.74) is 3.92. The Morgan fingerprint density at radius 2 is 2.19 bits per heavy atom. The van der Waals surface area contributed by atoms with Gasteiger partial charge < -0.3 is 10.2 Å². The summed E-state index contributed by atoms with van der Waals surface area (Å²) >= 11 is 1.67. The first-order chi connectivity index (χ1) is 10.2. The van der Waals surface area contributed by atoms with Gasteiger partial charge in [-0.15, -0.1) is 11.3 Å². The summed E-state index contributed by atoms with van der Waals surface area (Å²) in [7, 11) is 0. The normalized spacial score (nSPS) is 14.1. The van der Waals surface area contributed by atoms with Gasteiger partial charge in [0.15, 0.2) is 5.82 Å². The van der Waals surface area contributed by atoms with Crippen LogP contribution in [0.2, 0.25) is 0 Å². The van der Waals surface area contributed by atoms with Crippen molar-refractivity contribution >= 4 is 27.4 Å². The van der Waals surface area contributed by atoms with Crippen LogP contribution in [-0.4, -0.2) is 29.6 Å². The van der Waals surface area contributed by atoms with Crippen molar-refractivity contribution in [3.05, 3.63) is 16.3 Å². The SMILES string of the molecule is NNc1nc(CCOCC(F)F)nc2sc3c(c12)CCC3. The molecule has 3 N–H and O–H groups in total. The van der Waals surface area contributed by atoms with Gasteiger partial charge in [0.25, 0.3) is 6.43 Å². The second kappa shape index (κ2) is 6.17. The van der Waals surface area contributed by atoms with Crippen molar-refractivity contribution in [3.8, 4) is 0 Å². The lowest BCUT2D eigenvalue weighted by atomic mass is 10.2. The summed E-state index contributed by atoms with van der Waals surface area (Å²) in [4.78, 5) is 11.1. The van der Waals surface area contributed by atoms with E-state index in [0.717, 1.165) is 29.5 Å². The number of anilines is 1. The lowest BCUT2D eigenvalue weighted by molar-refractivity contribution is 0.0183. The maximum atomic E-state index is 12.0. The fourth-order valence-corrected chi connectivity index (χ4v) is 3.87. The number of aryl methyl sites for hydroxylation is 2. The number of hydrazine groups is 1. The van der Waals surface area contributed by atoms with E-state index in [9.17, 15) is 8.78 Å². The minimum absolute atomic E-state index is 0.172. The summed E-state index contributed by atoms with van der Waals surface area (Å²) in [6.07, 6.45) is 1.21. The van der Waals surface area contributed by atoms with Gasteiger partial charge in [-0.25, -0.2) is 24.6 Å². The molecule has 1 aliphatic carbocycles. The van der Waals surface area contributed by atoms with E-state index in [1.165, 1.54) is 10.4 Å². The molecule has 0 aromatic carbocycles. The molecule has 1 aliphatic rings. The number of halogens is 2. The summed E-state index contributed by atoms with van der Waals surface area (Å²) in [6.45, 7) is -0.386. The third-order valence-electron chi connectivity index (χ3n) is 3.46. The molecule has 0 bridgehead atoms. The van der Waals surface area contributed by atoms with Gasteiger partial charge in [0.1, 0.15) is 17.3 Å². The highest BCUT2D eigenvalue weighted by Crippen LogP contribution is 2.39. The number of rotatable bonds is 6. The summed E-state index contributed by atoms with van der Waals surface area (Å²) in [5, 5.41) is 1.01. The Hall–Kier alpha value is -1.38. The number of hydrogen-bond donors (Lipinski definition) is 2. The van der Waals surface area contributed by atoms with Gasteiger partial charge in [-0.3, -0.25) is 0 Å². The van der Waals surface area contributed by atoms with E-state index < -0.39 is 13.0 Å². The topological polar surface area (TPSA) is 73.1 Å². The molecule has 8 heteroatoms. The second-order valence-electron chi connectivity index (χ2n) is 4.89. The number of thiophene rings is 1. The molecular formula is C13H16F2N4OS. The Balaban J connectivity index is 1.81. The van der Waals surface area contributed by atoms with Crippen LogP contribution in [0.25, 0.3) is 10.2 Å². The predicted octanol–water partition coefficient (Wildman–Crippen LogP) is 2.29. The van der Waals surface area contributed by atoms with Crippen molar-refractivity contribution in [3.63, 3.8) is 0 Å². The minimum Gasteiger partial charge on any atom is -0.375 e. The minimum atomic E-state index is -2.45. The number of nitrogens with one attached hydrogen (secondary N) is 1. The first-order valence-corrected chi connectivity index (χ1v) is 7.64. The number of aromatic nitrogens is 2. The first-order valence-electron chi connectivity index (χ1n) is 6.82. The van der Waals surface area contributed by atoms with Crippen LogP contribution in [0.1, 0.15) is 22.7 Å². The van der Waals surface area contributed by atoms with Crippen LogP contribution in [-0.2, 0) is 24.0 Å². The van der Waals surface area contributed by atoms with Crippen LogP contribution in [0.3, 0.4) is 0 Å². The van der Waals surface area contributed by atoms with Crippen molar-refractivity contribution in [1.29, 1.82) is 0 Å². The summed E-state index contributed by atoms with van der Waals surface area (Å²) in [6, 6.07) is 0. The number of hydrogen-bond acceptors (Lipinski definition) is 6. The van der Waals surface area contributed by atoms with Gasteiger partial charge in [-0.05, 0) is 24.8 Å². The summed E-state index contributed by atoms with van der Waals surface area (Å²) < 4.78 is 28.9. The van der Waals surface area contributed by atoms with Gasteiger partial charge in [-0.1, -0.05) is 0 Å². The number of fused-ring (bicyclic) bond motifs is 3. The van der Waals surface area contributed by atoms with Crippen molar-refractivity contribution in [2.45, 2.75) is 32.1 Å². The number of nitrogens with two attached hydrogens (primary N) is 1. The zero-order chi connectivity index (χ0) is 14.8. The molecule has 2 aromatic heterocycles. The molecule has 114 valence electrons. The number of alkyl halides is 2. The van der Waals surface area contributed by atoms with Crippen molar-refractivity contribution in [2.75, 3.05) is 18.6 Å². The third-order valence-corrected chi connectivity index (χ3v) is 4.65. The third kappa shape index (κ3) is 2.97. The van der Waals surface area contributed by atoms with E-state index in [1.807, 2.05) is 0 Å². The van der Waals surface area contributed by atoms with E-state index in [-0.39, 0.29) is 6.61 Å². The Labute approximate surface area is 124 Å². The molecule has 0 unspecified atom stereocenters. The number of nitrogens with zero attached hydrogens (tertiary/aromatic N) is 2. The maximum absolute atomic E-state index is 12.0. The monoisotopic (exact) mass is 314 g/mol. The zero-order valence-corrected chi connectivity index (χ0v) is 12.2. The highest BCUT2D eigenvalue weighted by atomic mass is 32.1. The molecular weight excluding hydrogens is 298 g/mol. The van der Waals surface area contributed by atoms with Crippen LogP contribution >= 0.6 is 11.3 Å². The molecule has 0 aliphatic heterocycles. The van der Waals surface area contributed by atoms with Crippen LogP contribution in [0.15, 0.2) is 0 Å². The van der Waals surface area contributed by atoms with Gasteiger partial charge in [0.05, 0.1) is 12.0 Å². The summed E-state index contributed by atoms with van der Waals surface area (Å²) in [5.74, 6) is 6.74. The largest absolute Gasteiger partial charge is 0.375 e. The van der Waals surface area contributed by atoms with E-state index in [2.05, 4.69) is 15.4 Å². The lowest BCUT2D eigenvalue weighted by Crippen LogP contribution is -2.13. The van der Waals surface area contributed by atoms with E-state index in [1.54, 1.807) is 11.3 Å². The molecule has 0 spiro atoms. The van der Waals surface area contributed by atoms with Gasteiger partial charge in [0, 0.05) is 11.3 Å². The zero-order valence-electron chi connectivity index (χ0n) is 11.4. The fourth-order valence-electron chi connectivity index (χ4n) is 2.59. The smallest absolute Gasteiger partial charge is 0.261 e. The van der Waals surface area contributed by atoms with Gasteiger partial charge in [-0.2, -0.15) is 0 Å². The van der Waals surface area contributed by atoms with Crippen LogP contribution in [0.5, 0.6) is 0 Å². The molecule has 0 saturated heterocycles. The Morgan fingerprint density at radius 3 is 2.95 bits per heavy atom. The van der Waals surface area contributed by atoms with Gasteiger partial charge >= 0.3 is 0 Å². The second-order valence-corrected chi connectivity index (χ2v) is 5.97. The highest BCUT2D eigenvalue weighted by Gasteiger charge is 2.22. The van der Waals surface area contributed by atoms with Crippen LogP contribution < -0.4 is 11.3 Å². The van der Waals surface area contributed by atoms with E-state index >= 15 is 0 Å². The van der Waals surface area contributed by atoms with Crippen molar-refractivity contribution < 1.29 is 13.5 Å². The molecule has 21 heavy (non-hydrogen) atoms. The van der Waals surface area contributed by atoms with Crippen LogP contribution in [0, 0.1) is 0 Å². The molecule has 0 amide bonds. The maximum Gasteiger partial charge on any atom is 0.261 e. The molecule has 2 aromatic rings. The number of ether oxygens (including phenoxy) is 1. The molecule has 0 atom stereocenters.